The maximum absolute atomic E-state index is 12.8. The van der Waals surface area contributed by atoms with E-state index in [-0.39, 0.29) is 23.2 Å². The van der Waals surface area contributed by atoms with Crippen molar-refractivity contribution in [2.75, 3.05) is 31.1 Å². The van der Waals surface area contributed by atoms with Crippen LogP contribution in [-0.2, 0) is 11.2 Å². The number of amides is 1. The van der Waals surface area contributed by atoms with Crippen LogP contribution in [0.2, 0.25) is 0 Å². The average Bonchev–Trinajstić information content (AvgIpc) is 3.24. The van der Waals surface area contributed by atoms with E-state index in [0.717, 1.165) is 19.5 Å². The van der Waals surface area contributed by atoms with Gasteiger partial charge in [0.05, 0.1) is 11.7 Å². The lowest BCUT2D eigenvalue weighted by molar-refractivity contribution is -0.0207. The molecule has 0 aliphatic carbocycles. The van der Waals surface area contributed by atoms with Gasteiger partial charge in [-0.2, -0.15) is 0 Å². The molecule has 1 aliphatic rings. The average molecular weight is 481 g/mol. The van der Waals surface area contributed by atoms with Crippen LogP contribution in [-0.4, -0.2) is 37.3 Å². The molecule has 0 saturated heterocycles. The monoisotopic (exact) mass is 480 g/mol. The second-order valence-electron chi connectivity index (χ2n) is 10.6. The van der Waals surface area contributed by atoms with E-state index in [2.05, 4.69) is 50.9 Å². The van der Waals surface area contributed by atoms with Crippen LogP contribution in [0.3, 0.4) is 0 Å². The number of benzene rings is 2. The highest BCUT2D eigenvalue weighted by atomic mass is 16.5. The fourth-order valence-electron chi connectivity index (χ4n) is 5.37. The molecule has 1 heterocycles. The summed E-state index contributed by atoms with van der Waals surface area (Å²) >= 11 is 0. The molecule has 0 bridgehead atoms. The van der Waals surface area contributed by atoms with Gasteiger partial charge in [0.2, 0.25) is 0 Å². The van der Waals surface area contributed by atoms with Crippen LogP contribution in [0.15, 0.2) is 30.3 Å². The minimum atomic E-state index is -0.361. The highest BCUT2D eigenvalue weighted by Crippen LogP contribution is 2.46. The number of hydrogen-bond donors (Lipinski definition) is 2. The van der Waals surface area contributed by atoms with Crippen LogP contribution >= 0.6 is 0 Å². The number of fused-ring (bicyclic) bond motifs is 1. The molecular weight excluding hydrogens is 436 g/mol. The number of carbonyl (C=O) groups is 1. The topological polar surface area (TPSA) is 61.8 Å². The van der Waals surface area contributed by atoms with Crippen molar-refractivity contribution in [2.24, 2.45) is 5.41 Å². The van der Waals surface area contributed by atoms with E-state index >= 15 is 0 Å². The molecular formula is C30H44N2O3. The molecule has 1 aliphatic heterocycles. The van der Waals surface area contributed by atoms with Crippen molar-refractivity contribution >= 4 is 11.6 Å². The Kier molecular flexibility index (Phi) is 9.23. The van der Waals surface area contributed by atoms with Gasteiger partial charge in [-0.05, 0) is 62.4 Å². The first-order valence-corrected chi connectivity index (χ1v) is 13.3. The molecule has 1 atom stereocenters. The summed E-state index contributed by atoms with van der Waals surface area (Å²) in [6, 6.07) is 8.96. The van der Waals surface area contributed by atoms with Crippen molar-refractivity contribution in [3.8, 4) is 5.75 Å². The van der Waals surface area contributed by atoms with Gasteiger partial charge >= 0.3 is 0 Å². The van der Waals surface area contributed by atoms with Crippen LogP contribution in [0.25, 0.3) is 0 Å². The summed E-state index contributed by atoms with van der Waals surface area (Å²) in [5.41, 5.74) is 6.61. The number of rotatable bonds is 12. The Hall–Kier alpha value is -2.53. The molecule has 2 aromatic carbocycles. The molecule has 192 valence electrons. The summed E-state index contributed by atoms with van der Waals surface area (Å²) < 4.78 is 6.46. The Bertz CT molecular complexity index is 1010. The number of anilines is 1. The predicted molar refractivity (Wildman–Crippen MR) is 145 cm³/mol. The van der Waals surface area contributed by atoms with E-state index < -0.39 is 0 Å². The summed E-state index contributed by atoms with van der Waals surface area (Å²) in [5, 5.41) is 13.1. The van der Waals surface area contributed by atoms with E-state index in [1.54, 1.807) is 18.2 Å². The van der Waals surface area contributed by atoms with Crippen molar-refractivity contribution in [1.29, 1.82) is 0 Å². The van der Waals surface area contributed by atoms with Crippen LogP contribution in [0.4, 0.5) is 5.69 Å². The van der Waals surface area contributed by atoms with Crippen molar-refractivity contribution in [2.45, 2.75) is 79.8 Å². The zero-order chi connectivity index (χ0) is 25.6. The van der Waals surface area contributed by atoms with Crippen LogP contribution in [0.1, 0.15) is 92.1 Å². The first kappa shape index (κ1) is 27.1. The lowest BCUT2D eigenvalue weighted by Gasteiger charge is -2.38. The fraction of sp³-hybridized carbons (Fsp3) is 0.567. The normalized spacial score (nSPS) is 14.2. The zero-order valence-corrected chi connectivity index (χ0v) is 22.5. The molecule has 5 heteroatoms. The Balaban J connectivity index is 1.90. The van der Waals surface area contributed by atoms with Crippen molar-refractivity contribution in [3.05, 3.63) is 58.1 Å². The van der Waals surface area contributed by atoms with Gasteiger partial charge in [-0.25, -0.2) is 0 Å². The second kappa shape index (κ2) is 11.9. The summed E-state index contributed by atoms with van der Waals surface area (Å²) in [7, 11) is 0. The van der Waals surface area contributed by atoms with Gasteiger partial charge in [-0.15, -0.1) is 0 Å². The smallest absolute Gasteiger partial charge is 0.255 e. The van der Waals surface area contributed by atoms with E-state index in [1.165, 1.54) is 59.7 Å². The van der Waals surface area contributed by atoms with Gasteiger partial charge in [0.25, 0.3) is 5.91 Å². The lowest BCUT2D eigenvalue weighted by Crippen LogP contribution is -2.39. The molecule has 0 fully saturated rings. The minimum absolute atomic E-state index is 0.00456. The molecule has 3 rings (SSSR count). The van der Waals surface area contributed by atoms with Gasteiger partial charge in [0, 0.05) is 42.9 Å². The quantitative estimate of drug-likeness (QED) is 0.341. The summed E-state index contributed by atoms with van der Waals surface area (Å²) in [4.78, 5) is 15.4. The molecule has 5 nitrogen and oxygen atoms in total. The number of aryl methyl sites for hydroxylation is 2. The predicted octanol–water partition coefficient (Wildman–Crippen LogP) is 6.49. The van der Waals surface area contributed by atoms with Gasteiger partial charge in [0.1, 0.15) is 5.75 Å². The number of unbranched alkanes of at least 4 members (excludes halogenated alkanes) is 3. The van der Waals surface area contributed by atoms with Crippen LogP contribution in [0.5, 0.6) is 5.75 Å². The Labute approximate surface area is 211 Å². The standard InChI is InChI=1S/C30H44N2O3/c1-7-9-10-13-17-32-18-16-23-21(3)19-22(4)26(27(23)32)28(35-8-2)30(5,6)20-31-29(34)24-14-11-12-15-25(24)33/h11-12,14-15,19,28,33H,7-10,13,16-18,20H2,1-6H3,(H,31,34). The van der Waals surface area contributed by atoms with Crippen molar-refractivity contribution in [1.82, 2.24) is 5.32 Å². The molecule has 2 aromatic rings. The van der Waals surface area contributed by atoms with E-state index in [9.17, 15) is 9.90 Å². The number of hydrogen-bond acceptors (Lipinski definition) is 4. The third-order valence-corrected chi connectivity index (χ3v) is 7.26. The van der Waals surface area contributed by atoms with Gasteiger partial charge in [-0.1, -0.05) is 58.2 Å². The summed E-state index contributed by atoms with van der Waals surface area (Å²) in [5.74, 6) is -0.273. The Morgan fingerprint density at radius 1 is 1.14 bits per heavy atom. The fourth-order valence-corrected chi connectivity index (χ4v) is 5.37. The van der Waals surface area contributed by atoms with E-state index in [0.29, 0.717) is 18.7 Å². The molecule has 2 N–H and O–H groups in total. The lowest BCUT2D eigenvalue weighted by atomic mass is 9.79. The first-order chi connectivity index (χ1) is 16.7. The van der Waals surface area contributed by atoms with Gasteiger partial charge in [0.15, 0.2) is 0 Å². The largest absolute Gasteiger partial charge is 0.507 e. The zero-order valence-electron chi connectivity index (χ0n) is 22.5. The SMILES string of the molecule is CCCCCCN1CCc2c(C)cc(C)c(C(OCC)C(C)(C)CNC(=O)c3ccccc3O)c21. The Morgan fingerprint density at radius 3 is 2.57 bits per heavy atom. The third kappa shape index (κ3) is 6.19. The number of carbonyl (C=O) groups excluding carboxylic acids is 1. The Morgan fingerprint density at radius 2 is 1.89 bits per heavy atom. The second-order valence-corrected chi connectivity index (χ2v) is 10.6. The van der Waals surface area contributed by atoms with Crippen molar-refractivity contribution in [3.63, 3.8) is 0 Å². The molecule has 0 aromatic heterocycles. The number of ether oxygens (including phenoxy) is 1. The maximum atomic E-state index is 12.8. The molecule has 35 heavy (non-hydrogen) atoms. The van der Waals surface area contributed by atoms with E-state index in [1.807, 2.05) is 6.92 Å². The van der Waals surface area contributed by atoms with E-state index in [4.69, 9.17) is 4.74 Å². The van der Waals surface area contributed by atoms with Crippen LogP contribution < -0.4 is 10.2 Å². The third-order valence-electron chi connectivity index (χ3n) is 7.26. The number of phenols is 1. The van der Waals surface area contributed by atoms with Crippen molar-refractivity contribution < 1.29 is 14.6 Å². The molecule has 1 unspecified atom stereocenters. The minimum Gasteiger partial charge on any atom is -0.507 e. The molecule has 0 radical (unpaired) electrons. The first-order valence-electron chi connectivity index (χ1n) is 13.3. The van der Waals surface area contributed by atoms with Gasteiger partial charge in [-0.3, -0.25) is 4.79 Å². The number of para-hydroxylation sites is 1. The summed E-state index contributed by atoms with van der Waals surface area (Å²) in [6.07, 6.45) is 5.91. The number of nitrogens with zero attached hydrogens (tertiary/aromatic N) is 1. The summed E-state index contributed by atoms with van der Waals surface area (Å²) in [6.45, 7) is 16.2. The molecule has 0 saturated carbocycles. The molecule has 0 spiro atoms. The van der Waals surface area contributed by atoms with Crippen LogP contribution in [0, 0.1) is 19.3 Å². The number of aromatic hydroxyl groups is 1. The highest BCUT2D eigenvalue weighted by molar-refractivity contribution is 5.96. The number of phenolic OH excluding ortho intramolecular Hbond substituents is 1. The highest BCUT2D eigenvalue weighted by Gasteiger charge is 2.38. The molecule has 1 amide bonds. The number of nitrogens with one attached hydrogen (secondary N) is 1. The maximum Gasteiger partial charge on any atom is 0.255 e. The van der Waals surface area contributed by atoms with Gasteiger partial charge < -0.3 is 20.1 Å².